The van der Waals surface area contributed by atoms with Crippen molar-refractivity contribution in [1.82, 2.24) is 9.97 Å². The number of carboxylic acid groups (broad SMARTS) is 1. The normalized spacial score (nSPS) is 14.2. The van der Waals surface area contributed by atoms with E-state index in [2.05, 4.69) is 15.3 Å². The van der Waals surface area contributed by atoms with Crippen molar-refractivity contribution in [3.63, 3.8) is 0 Å². The minimum atomic E-state index is -0.925. The zero-order valence-electron chi connectivity index (χ0n) is 16.0. The van der Waals surface area contributed by atoms with Crippen LogP contribution in [-0.4, -0.2) is 33.7 Å². The highest BCUT2D eigenvalue weighted by atomic mass is 16.5. The first-order valence-corrected chi connectivity index (χ1v) is 9.76. The van der Waals surface area contributed by atoms with E-state index in [9.17, 15) is 9.90 Å². The molecule has 1 aliphatic carbocycles. The van der Waals surface area contributed by atoms with Gasteiger partial charge in [0.25, 0.3) is 0 Å². The Balaban J connectivity index is 1.44. The molecule has 1 aromatic heterocycles. The van der Waals surface area contributed by atoms with E-state index in [0.29, 0.717) is 18.2 Å². The summed E-state index contributed by atoms with van der Waals surface area (Å²) in [6.07, 6.45) is 4.33. The van der Waals surface area contributed by atoms with Crippen molar-refractivity contribution in [3.05, 3.63) is 72.6 Å². The Morgan fingerprint density at radius 2 is 1.86 bits per heavy atom. The average molecular weight is 389 g/mol. The fourth-order valence-corrected chi connectivity index (χ4v) is 3.04. The first-order valence-electron chi connectivity index (χ1n) is 9.76. The minimum Gasteiger partial charge on any atom is -0.493 e. The third-order valence-electron chi connectivity index (χ3n) is 4.90. The zero-order chi connectivity index (χ0) is 20.1. The molecule has 148 valence electrons. The summed E-state index contributed by atoms with van der Waals surface area (Å²) in [4.78, 5) is 20.2. The number of benzene rings is 2. The van der Waals surface area contributed by atoms with Crippen LogP contribution in [-0.2, 0) is 11.2 Å². The molecule has 0 spiro atoms. The monoisotopic (exact) mass is 389 g/mol. The highest BCUT2D eigenvalue weighted by molar-refractivity contribution is 5.77. The van der Waals surface area contributed by atoms with E-state index in [1.54, 1.807) is 6.07 Å². The third-order valence-corrected chi connectivity index (χ3v) is 4.90. The Morgan fingerprint density at radius 3 is 2.55 bits per heavy atom. The molecule has 2 aromatic carbocycles. The zero-order valence-corrected chi connectivity index (χ0v) is 16.0. The molecule has 6 nitrogen and oxygen atoms in total. The molecule has 0 radical (unpaired) electrons. The molecule has 29 heavy (non-hydrogen) atoms. The van der Waals surface area contributed by atoms with Crippen LogP contribution in [0.2, 0.25) is 0 Å². The number of carbonyl (C=O) groups is 1. The summed E-state index contributed by atoms with van der Waals surface area (Å²) in [6, 6.07) is 18.3. The van der Waals surface area contributed by atoms with E-state index in [1.807, 2.05) is 54.6 Å². The summed E-state index contributed by atoms with van der Waals surface area (Å²) >= 11 is 0. The highest BCUT2D eigenvalue weighted by Gasteiger charge is 2.22. The highest BCUT2D eigenvalue weighted by Crippen LogP contribution is 2.30. The fraction of sp³-hybridized carbons (Fsp3) is 0.261. The first-order chi connectivity index (χ1) is 14.2. The molecule has 6 heteroatoms. The number of nitrogens with zero attached hydrogens (tertiary/aromatic N) is 2. The van der Waals surface area contributed by atoms with Crippen LogP contribution in [0.1, 0.15) is 18.4 Å². The van der Waals surface area contributed by atoms with Gasteiger partial charge in [0.1, 0.15) is 23.9 Å². The molecule has 0 amide bonds. The van der Waals surface area contributed by atoms with Crippen molar-refractivity contribution >= 4 is 11.8 Å². The van der Waals surface area contributed by atoms with E-state index in [1.165, 1.54) is 19.2 Å². The Kier molecular flexibility index (Phi) is 5.70. The van der Waals surface area contributed by atoms with Gasteiger partial charge >= 0.3 is 5.97 Å². The van der Waals surface area contributed by atoms with Crippen LogP contribution < -0.4 is 10.1 Å². The van der Waals surface area contributed by atoms with Crippen LogP contribution in [0.25, 0.3) is 11.3 Å². The van der Waals surface area contributed by atoms with E-state index in [-0.39, 0.29) is 0 Å². The maximum absolute atomic E-state index is 11.7. The molecule has 2 N–H and O–H groups in total. The molecular weight excluding hydrogens is 366 g/mol. The summed E-state index contributed by atoms with van der Waals surface area (Å²) < 4.78 is 5.77. The topological polar surface area (TPSA) is 84.3 Å². The van der Waals surface area contributed by atoms with Crippen LogP contribution in [0.4, 0.5) is 5.82 Å². The smallest absolute Gasteiger partial charge is 0.326 e. The Morgan fingerprint density at radius 1 is 1.10 bits per heavy atom. The molecule has 0 aliphatic heterocycles. The molecule has 4 rings (SSSR count). The lowest BCUT2D eigenvalue weighted by Gasteiger charge is -2.15. The molecule has 0 unspecified atom stereocenters. The van der Waals surface area contributed by atoms with Gasteiger partial charge in [0, 0.05) is 18.1 Å². The van der Waals surface area contributed by atoms with Gasteiger partial charge in [0.2, 0.25) is 0 Å². The number of nitrogens with one attached hydrogen (secondary N) is 1. The molecule has 1 fully saturated rings. The SMILES string of the molecule is O=C(O)[C@H](Cc1ccccc1)Nc1cc(-c2ccc(OCC3CC3)cc2)ncn1. The number of aromatic nitrogens is 2. The van der Waals surface area contributed by atoms with Gasteiger partial charge in [0.05, 0.1) is 12.3 Å². The second-order valence-corrected chi connectivity index (χ2v) is 7.29. The number of aliphatic carboxylic acids is 1. The van der Waals surface area contributed by atoms with E-state index in [4.69, 9.17) is 4.74 Å². The van der Waals surface area contributed by atoms with Crippen molar-refractivity contribution in [2.75, 3.05) is 11.9 Å². The lowest BCUT2D eigenvalue weighted by Crippen LogP contribution is -2.31. The molecule has 1 heterocycles. The van der Waals surface area contributed by atoms with Crippen LogP contribution in [0, 0.1) is 5.92 Å². The van der Waals surface area contributed by atoms with Gasteiger partial charge in [-0.2, -0.15) is 0 Å². The first kappa shape index (κ1) is 18.9. The molecule has 1 saturated carbocycles. The largest absolute Gasteiger partial charge is 0.493 e. The van der Waals surface area contributed by atoms with Crippen LogP contribution in [0.15, 0.2) is 67.0 Å². The molecule has 0 saturated heterocycles. The maximum atomic E-state index is 11.7. The molecule has 1 aliphatic rings. The lowest BCUT2D eigenvalue weighted by molar-refractivity contribution is -0.137. The van der Waals surface area contributed by atoms with E-state index >= 15 is 0 Å². The van der Waals surface area contributed by atoms with Crippen LogP contribution in [0.5, 0.6) is 5.75 Å². The summed E-state index contributed by atoms with van der Waals surface area (Å²) in [7, 11) is 0. The quantitative estimate of drug-likeness (QED) is 0.575. The maximum Gasteiger partial charge on any atom is 0.326 e. The van der Waals surface area contributed by atoms with Gasteiger partial charge in [-0.05, 0) is 48.6 Å². The van der Waals surface area contributed by atoms with Crippen LogP contribution in [0.3, 0.4) is 0 Å². The Labute approximate surface area is 169 Å². The summed E-state index contributed by atoms with van der Waals surface area (Å²) in [5.74, 6) is 1.11. The predicted molar refractivity (Wildman–Crippen MR) is 111 cm³/mol. The molecule has 1 atom stereocenters. The van der Waals surface area contributed by atoms with E-state index in [0.717, 1.165) is 29.2 Å². The summed E-state index contributed by atoms with van der Waals surface area (Å²) in [5.41, 5.74) is 2.59. The van der Waals surface area contributed by atoms with Gasteiger partial charge in [0.15, 0.2) is 0 Å². The second-order valence-electron chi connectivity index (χ2n) is 7.29. The van der Waals surface area contributed by atoms with Crippen molar-refractivity contribution in [1.29, 1.82) is 0 Å². The van der Waals surface area contributed by atoms with Gasteiger partial charge in [-0.15, -0.1) is 0 Å². The van der Waals surface area contributed by atoms with Crippen molar-refractivity contribution in [2.45, 2.75) is 25.3 Å². The number of anilines is 1. The lowest BCUT2D eigenvalue weighted by atomic mass is 10.1. The molecule has 0 bridgehead atoms. The Hall–Kier alpha value is -3.41. The van der Waals surface area contributed by atoms with E-state index < -0.39 is 12.0 Å². The Bertz CT molecular complexity index is 957. The minimum absolute atomic E-state index is 0.364. The van der Waals surface area contributed by atoms with Gasteiger partial charge in [-0.1, -0.05) is 30.3 Å². The third kappa shape index (κ3) is 5.31. The average Bonchev–Trinajstić information content (AvgIpc) is 3.58. The van der Waals surface area contributed by atoms with Crippen molar-refractivity contribution < 1.29 is 14.6 Å². The van der Waals surface area contributed by atoms with Gasteiger partial charge < -0.3 is 15.2 Å². The fourth-order valence-electron chi connectivity index (χ4n) is 3.04. The number of rotatable bonds is 9. The van der Waals surface area contributed by atoms with Gasteiger partial charge in [-0.25, -0.2) is 14.8 Å². The van der Waals surface area contributed by atoms with Crippen molar-refractivity contribution in [2.24, 2.45) is 5.92 Å². The molecular formula is C23H23N3O3. The molecule has 3 aromatic rings. The van der Waals surface area contributed by atoms with Gasteiger partial charge in [-0.3, -0.25) is 0 Å². The standard InChI is InChI=1S/C23H23N3O3/c27-23(28)21(12-16-4-2-1-3-5-16)26-22-13-20(24-15-25-22)18-8-10-19(11-9-18)29-14-17-6-7-17/h1-5,8-11,13,15,17,21H,6-7,12,14H2,(H,27,28)(H,24,25,26)/t21-/m0/s1. The predicted octanol–water partition coefficient (Wildman–Crippen LogP) is 4.04. The second kappa shape index (κ2) is 8.73. The number of hydrogen-bond acceptors (Lipinski definition) is 5. The van der Waals surface area contributed by atoms with Crippen molar-refractivity contribution in [3.8, 4) is 17.0 Å². The summed E-state index contributed by atoms with van der Waals surface area (Å²) in [5, 5.41) is 12.6. The number of ether oxygens (including phenoxy) is 1. The van der Waals surface area contributed by atoms with Crippen LogP contribution >= 0.6 is 0 Å². The summed E-state index contributed by atoms with van der Waals surface area (Å²) in [6.45, 7) is 0.777. The number of carboxylic acids is 1. The number of hydrogen-bond donors (Lipinski definition) is 2.